The number of thiophene rings is 2. The van der Waals surface area contributed by atoms with E-state index in [9.17, 15) is 0 Å². The fourth-order valence-electron chi connectivity index (χ4n) is 4.63. The van der Waals surface area contributed by atoms with Gasteiger partial charge >= 0.3 is 0 Å². The summed E-state index contributed by atoms with van der Waals surface area (Å²) in [6.07, 6.45) is 0. The lowest BCUT2D eigenvalue weighted by Crippen LogP contribution is -1.94. The van der Waals surface area contributed by atoms with Crippen molar-refractivity contribution < 1.29 is 0 Å². The Morgan fingerprint density at radius 2 is 0.939 bits per heavy atom. The molecule has 7 rings (SSSR count). The highest BCUT2D eigenvalue weighted by Crippen LogP contribution is 2.38. The summed E-state index contributed by atoms with van der Waals surface area (Å²) in [6.45, 7) is 1.98. The van der Waals surface area contributed by atoms with E-state index in [1.54, 1.807) is 0 Å². The largest absolute Gasteiger partial charge is 0.233 e. The number of hydrogen-bond acceptors (Lipinski definition) is 4. The van der Waals surface area contributed by atoms with Gasteiger partial charge in [-0.05, 0) is 37.3 Å². The second-order valence-corrected chi connectivity index (χ2v) is 10.5. The van der Waals surface area contributed by atoms with Gasteiger partial charge in [-0.1, -0.05) is 60.7 Å². The summed E-state index contributed by atoms with van der Waals surface area (Å²) < 4.78 is 5.22. The van der Waals surface area contributed by atoms with E-state index < -0.39 is 0 Å². The Bertz CT molecular complexity index is 1710. The van der Waals surface area contributed by atoms with Crippen LogP contribution in [0.25, 0.3) is 62.9 Å². The summed E-state index contributed by atoms with van der Waals surface area (Å²) in [5.74, 6) is 0.787. The van der Waals surface area contributed by atoms with E-state index in [1.165, 1.54) is 40.3 Å². The molecule has 3 aromatic heterocycles. The lowest BCUT2D eigenvalue weighted by atomic mass is 10.0. The van der Waals surface area contributed by atoms with Gasteiger partial charge in [-0.25, -0.2) is 9.97 Å². The number of benzene rings is 4. The summed E-state index contributed by atoms with van der Waals surface area (Å²) >= 11 is 3.67. The van der Waals surface area contributed by atoms with Gasteiger partial charge in [0.15, 0.2) is 0 Å². The van der Waals surface area contributed by atoms with E-state index in [0.717, 1.165) is 28.3 Å². The molecule has 0 saturated heterocycles. The van der Waals surface area contributed by atoms with Gasteiger partial charge in [0, 0.05) is 51.5 Å². The van der Waals surface area contributed by atoms with Gasteiger partial charge in [0.05, 0.1) is 11.4 Å². The third-order valence-corrected chi connectivity index (χ3v) is 8.45. The van der Waals surface area contributed by atoms with Crippen molar-refractivity contribution in [1.29, 1.82) is 0 Å². The van der Waals surface area contributed by atoms with Crippen molar-refractivity contribution in [2.75, 3.05) is 0 Å². The van der Waals surface area contributed by atoms with Crippen LogP contribution in [0.5, 0.6) is 0 Å². The van der Waals surface area contributed by atoms with Crippen LogP contribution in [0, 0.1) is 6.92 Å². The topological polar surface area (TPSA) is 25.8 Å². The molecule has 0 amide bonds. The molecule has 4 heteroatoms. The van der Waals surface area contributed by atoms with Gasteiger partial charge in [0.25, 0.3) is 0 Å². The first-order chi connectivity index (χ1) is 16.2. The van der Waals surface area contributed by atoms with Crippen LogP contribution in [0.3, 0.4) is 0 Å². The monoisotopic (exact) mass is 458 g/mol. The molecule has 0 N–H and O–H groups in total. The lowest BCUT2D eigenvalue weighted by molar-refractivity contribution is 1.06. The van der Waals surface area contributed by atoms with Crippen LogP contribution < -0.4 is 0 Å². The minimum absolute atomic E-state index is 0.787. The molecule has 0 radical (unpaired) electrons. The van der Waals surface area contributed by atoms with Crippen molar-refractivity contribution in [2.24, 2.45) is 0 Å². The van der Waals surface area contributed by atoms with Crippen molar-refractivity contribution in [3.63, 3.8) is 0 Å². The van der Waals surface area contributed by atoms with Gasteiger partial charge in [0.1, 0.15) is 5.82 Å². The maximum atomic E-state index is 4.78. The molecule has 0 aliphatic carbocycles. The van der Waals surface area contributed by atoms with E-state index in [1.807, 2.05) is 29.6 Å². The lowest BCUT2D eigenvalue weighted by Gasteiger charge is -2.07. The Balaban J connectivity index is 1.36. The van der Waals surface area contributed by atoms with Gasteiger partial charge < -0.3 is 0 Å². The molecule has 4 aromatic carbocycles. The van der Waals surface area contributed by atoms with Crippen LogP contribution in [-0.4, -0.2) is 9.97 Å². The maximum Gasteiger partial charge on any atom is 0.126 e. The molecule has 2 nitrogen and oxygen atoms in total. The van der Waals surface area contributed by atoms with Crippen molar-refractivity contribution in [2.45, 2.75) is 6.92 Å². The zero-order valence-electron chi connectivity index (χ0n) is 17.9. The van der Waals surface area contributed by atoms with Crippen LogP contribution in [0.2, 0.25) is 0 Å². The number of rotatable bonds is 2. The third-order valence-electron chi connectivity index (χ3n) is 6.19. The standard InChI is InChI=1S/C29H18N2S2/c1-17-30-24(18-10-12-22-20-6-2-4-8-26(20)32-28(22)14-18)16-25(31-17)19-11-13-23-21-7-3-5-9-27(21)33-29(23)15-19/h2-16H,1H3. The SMILES string of the molecule is Cc1nc(-c2ccc3c(c2)sc2ccccc23)cc(-c2ccc3c(c2)sc2ccccc23)n1. The Hall–Kier alpha value is -3.60. The molecule has 0 saturated carbocycles. The fraction of sp³-hybridized carbons (Fsp3) is 0.0345. The number of fused-ring (bicyclic) bond motifs is 6. The highest BCUT2D eigenvalue weighted by Gasteiger charge is 2.12. The zero-order chi connectivity index (χ0) is 21.9. The minimum atomic E-state index is 0.787. The highest BCUT2D eigenvalue weighted by molar-refractivity contribution is 7.26. The molecule has 0 atom stereocenters. The zero-order valence-corrected chi connectivity index (χ0v) is 19.5. The smallest absolute Gasteiger partial charge is 0.126 e. The Kier molecular flexibility index (Phi) is 4.13. The molecule has 156 valence electrons. The molecule has 0 fully saturated rings. The van der Waals surface area contributed by atoms with Crippen molar-refractivity contribution in [3.8, 4) is 22.5 Å². The van der Waals surface area contributed by atoms with Crippen LogP contribution in [0.15, 0.2) is 91.0 Å². The van der Waals surface area contributed by atoms with Crippen LogP contribution in [0.1, 0.15) is 5.82 Å². The molecular weight excluding hydrogens is 440 g/mol. The summed E-state index contributed by atoms with van der Waals surface area (Å²) in [4.78, 5) is 9.57. The van der Waals surface area contributed by atoms with Gasteiger partial charge in [-0.3, -0.25) is 0 Å². The molecule has 3 heterocycles. The molecule has 7 aromatic rings. The van der Waals surface area contributed by atoms with Crippen LogP contribution >= 0.6 is 22.7 Å². The quantitative estimate of drug-likeness (QED) is 0.258. The van der Waals surface area contributed by atoms with E-state index >= 15 is 0 Å². The van der Waals surface area contributed by atoms with Crippen LogP contribution in [0.4, 0.5) is 0 Å². The van der Waals surface area contributed by atoms with E-state index in [4.69, 9.17) is 9.97 Å². The van der Waals surface area contributed by atoms with Crippen molar-refractivity contribution in [3.05, 3.63) is 96.8 Å². The third kappa shape index (κ3) is 3.06. The number of hydrogen-bond donors (Lipinski definition) is 0. The van der Waals surface area contributed by atoms with Gasteiger partial charge in [-0.15, -0.1) is 22.7 Å². The number of aromatic nitrogens is 2. The first-order valence-electron chi connectivity index (χ1n) is 10.9. The summed E-state index contributed by atoms with van der Waals surface area (Å²) in [6, 6.07) is 32.7. The van der Waals surface area contributed by atoms with E-state index in [2.05, 4.69) is 91.0 Å². The predicted octanol–water partition coefficient (Wildman–Crippen LogP) is 8.85. The molecule has 0 unspecified atom stereocenters. The molecule has 0 bridgehead atoms. The second-order valence-electron chi connectivity index (χ2n) is 8.30. The molecule has 0 aliphatic heterocycles. The van der Waals surface area contributed by atoms with E-state index in [0.29, 0.717) is 0 Å². The minimum Gasteiger partial charge on any atom is -0.233 e. The Labute approximate surface area is 198 Å². The average molecular weight is 459 g/mol. The molecule has 0 aliphatic rings. The summed E-state index contributed by atoms with van der Waals surface area (Å²) in [5, 5.41) is 5.25. The second kappa shape index (κ2) is 7.20. The van der Waals surface area contributed by atoms with Gasteiger partial charge in [-0.2, -0.15) is 0 Å². The fourth-order valence-corrected chi connectivity index (χ4v) is 6.92. The summed E-state index contributed by atoms with van der Waals surface area (Å²) in [7, 11) is 0. The highest BCUT2D eigenvalue weighted by atomic mass is 32.1. The normalized spacial score (nSPS) is 11.8. The maximum absolute atomic E-state index is 4.78. The first kappa shape index (κ1) is 18.9. The average Bonchev–Trinajstić information content (AvgIpc) is 3.40. The Morgan fingerprint density at radius 1 is 0.485 bits per heavy atom. The predicted molar refractivity (Wildman–Crippen MR) is 143 cm³/mol. The molecular formula is C29H18N2S2. The van der Waals surface area contributed by atoms with Crippen LogP contribution in [-0.2, 0) is 0 Å². The summed E-state index contributed by atoms with van der Waals surface area (Å²) in [5.41, 5.74) is 4.19. The van der Waals surface area contributed by atoms with Crippen molar-refractivity contribution >= 4 is 63.0 Å². The molecule has 33 heavy (non-hydrogen) atoms. The molecule has 0 spiro atoms. The van der Waals surface area contributed by atoms with Gasteiger partial charge in [0.2, 0.25) is 0 Å². The number of nitrogens with zero attached hydrogens (tertiary/aromatic N) is 2. The van der Waals surface area contributed by atoms with E-state index in [-0.39, 0.29) is 0 Å². The Morgan fingerprint density at radius 3 is 1.45 bits per heavy atom. The number of aryl methyl sites for hydroxylation is 1. The first-order valence-corrected chi connectivity index (χ1v) is 12.6. The van der Waals surface area contributed by atoms with Crippen molar-refractivity contribution in [1.82, 2.24) is 9.97 Å².